The van der Waals surface area contributed by atoms with Crippen molar-refractivity contribution in [2.45, 2.75) is 0 Å². The molecule has 1 aliphatic rings. The molecule has 0 N–H and O–H groups in total. The minimum Gasteiger partial charge on any atom is -0.493 e. The molecule has 0 saturated carbocycles. The summed E-state index contributed by atoms with van der Waals surface area (Å²) in [7, 11) is 2.74. The number of hydrogen-bond acceptors (Lipinski definition) is 7. The Morgan fingerprint density at radius 3 is 2.50 bits per heavy atom. The maximum atomic E-state index is 12.2. The third kappa shape index (κ3) is 3.18. The number of nitrogens with zero attached hydrogens (tertiary/aromatic N) is 2. The molecule has 1 heterocycles. The molecule has 0 aromatic heterocycles. The lowest BCUT2D eigenvalue weighted by atomic mass is 10.1. The lowest BCUT2D eigenvalue weighted by molar-refractivity contribution is -0.385. The number of methoxy groups -OCH3 is 2. The van der Waals surface area contributed by atoms with Crippen molar-refractivity contribution in [1.29, 1.82) is 0 Å². The molecule has 1 fully saturated rings. The highest BCUT2D eigenvalue weighted by molar-refractivity contribution is 8.18. The predicted molar refractivity (Wildman–Crippen MR) is 87.7 cm³/mol. The van der Waals surface area contributed by atoms with Gasteiger partial charge in [0.05, 0.1) is 42.2 Å². The van der Waals surface area contributed by atoms with Crippen LogP contribution in [0.15, 0.2) is 17.0 Å². The number of terminal acetylenes is 1. The highest BCUT2D eigenvalue weighted by Crippen LogP contribution is 2.38. The van der Waals surface area contributed by atoms with Crippen LogP contribution in [-0.2, 0) is 4.79 Å². The molecule has 0 radical (unpaired) electrons. The average Bonchev–Trinajstić information content (AvgIpc) is 2.82. The summed E-state index contributed by atoms with van der Waals surface area (Å²) in [4.78, 5) is 35.5. The number of carbonyl (C=O) groups excluding carboxylic acids is 2. The van der Waals surface area contributed by atoms with Gasteiger partial charge in [-0.2, -0.15) is 0 Å². The van der Waals surface area contributed by atoms with Gasteiger partial charge in [0.25, 0.3) is 16.8 Å². The van der Waals surface area contributed by atoms with Crippen LogP contribution in [0.5, 0.6) is 11.5 Å². The molecule has 2 amide bonds. The van der Waals surface area contributed by atoms with E-state index < -0.39 is 16.1 Å². The van der Waals surface area contributed by atoms with Gasteiger partial charge in [0.15, 0.2) is 11.5 Å². The van der Waals surface area contributed by atoms with Crippen LogP contribution in [0.4, 0.5) is 10.5 Å². The predicted octanol–water partition coefficient (Wildman–Crippen LogP) is 2.28. The number of hydrogen-bond donors (Lipinski definition) is 0. The fraction of sp³-hybridized carbons (Fsp3) is 0.200. The van der Waals surface area contributed by atoms with Crippen molar-refractivity contribution >= 4 is 34.7 Å². The fourth-order valence-electron chi connectivity index (χ4n) is 2.03. The van der Waals surface area contributed by atoms with Gasteiger partial charge in [-0.05, 0) is 23.9 Å². The lowest BCUT2D eigenvalue weighted by Crippen LogP contribution is -2.28. The van der Waals surface area contributed by atoms with Gasteiger partial charge in [0.1, 0.15) is 0 Å². The third-order valence-electron chi connectivity index (χ3n) is 3.14. The van der Waals surface area contributed by atoms with Crippen LogP contribution in [0.2, 0.25) is 0 Å². The fourth-order valence-corrected chi connectivity index (χ4v) is 2.86. The highest BCUT2D eigenvalue weighted by atomic mass is 32.2. The highest BCUT2D eigenvalue weighted by Gasteiger charge is 2.35. The molecule has 1 aromatic rings. The average molecular weight is 348 g/mol. The first-order valence-electron chi connectivity index (χ1n) is 6.52. The molecule has 2 rings (SSSR count). The second-order valence-electron chi connectivity index (χ2n) is 4.50. The maximum absolute atomic E-state index is 12.2. The van der Waals surface area contributed by atoms with E-state index >= 15 is 0 Å². The number of benzene rings is 1. The molecule has 0 unspecified atom stereocenters. The van der Waals surface area contributed by atoms with Crippen LogP contribution in [-0.4, -0.2) is 41.7 Å². The second kappa shape index (κ2) is 7.06. The number of imide groups is 1. The van der Waals surface area contributed by atoms with Crippen LogP contribution in [0.1, 0.15) is 5.56 Å². The molecular weight excluding hydrogens is 336 g/mol. The SMILES string of the molecule is C#CCN1C(=O)S/C(=C/c2cc(OC)c(OC)cc2[N+](=O)[O-])C1=O. The summed E-state index contributed by atoms with van der Waals surface area (Å²) in [6, 6.07) is 2.56. The van der Waals surface area contributed by atoms with Gasteiger partial charge in [0, 0.05) is 0 Å². The monoisotopic (exact) mass is 348 g/mol. The maximum Gasteiger partial charge on any atom is 0.294 e. The van der Waals surface area contributed by atoms with Crippen LogP contribution in [0.3, 0.4) is 0 Å². The number of nitro benzene ring substituents is 1. The Hall–Kier alpha value is -2.99. The summed E-state index contributed by atoms with van der Waals surface area (Å²) in [5, 5.41) is 10.7. The summed E-state index contributed by atoms with van der Waals surface area (Å²) in [5.74, 6) is 2.07. The smallest absolute Gasteiger partial charge is 0.294 e. The van der Waals surface area contributed by atoms with Crippen molar-refractivity contribution in [1.82, 2.24) is 4.90 Å². The molecule has 0 aliphatic carbocycles. The van der Waals surface area contributed by atoms with E-state index in [4.69, 9.17) is 15.9 Å². The minimum atomic E-state index is -0.612. The first-order valence-corrected chi connectivity index (χ1v) is 7.33. The van der Waals surface area contributed by atoms with Gasteiger partial charge < -0.3 is 9.47 Å². The van der Waals surface area contributed by atoms with Gasteiger partial charge in [-0.15, -0.1) is 6.42 Å². The first kappa shape index (κ1) is 17.4. The molecule has 0 spiro atoms. The van der Waals surface area contributed by atoms with Gasteiger partial charge in [-0.25, -0.2) is 0 Å². The molecule has 124 valence electrons. The Kier molecular flexibility index (Phi) is 5.11. The van der Waals surface area contributed by atoms with Gasteiger partial charge in [0.2, 0.25) is 0 Å². The van der Waals surface area contributed by atoms with Gasteiger partial charge in [-0.3, -0.25) is 24.6 Å². The third-order valence-corrected chi connectivity index (χ3v) is 4.05. The van der Waals surface area contributed by atoms with Crippen molar-refractivity contribution in [3.63, 3.8) is 0 Å². The zero-order valence-electron chi connectivity index (χ0n) is 12.8. The molecular formula is C15H12N2O6S. The van der Waals surface area contributed by atoms with Gasteiger partial charge >= 0.3 is 0 Å². The number of nitro groups is 1. The van der Waals surface area contributed by atoms with Crippen LogP contribution < -0.4 is 9.47 Å². The Bertz CT molecular complexity index is 796. The summed E-state index contributed by atoms with van der Waals surface area (Å²) < 4.78 is 10.1. The Morgan fingerprint density at radius 2 is 1.96 bits per heavy atom. The van der Waals surface area contributed by atoms with E-state index in [1.165, 1.54) is 32.4 Å². The summed E-state index contributed by atoms with van der Waals surface area (Å²) in [6.07, 6.45) is 6.39. The molecule has 8 nitrogen and oxygen atoms in total. The van der Waals surface area contributed by atoms with E-state index in [0.717, 1.165) is 4.90 Å². The Labute approximate surface area is 141 Å². The topological polar surface area (TPSA) is 99.0 Å². The Balaban J connectivity index is 2.53. The number of ether oxygens (including phenoxy) is 2. The molecule has 0 bridgehead atoms. The van der Waals surface area contributed by atoms with E-state index in [2.05, 4.69) is 5.92 Å². The van der Waals surface area contributed by atoms with Crippen molar-refractivity contribution in [3.05, 3.63) is 32.7 Å². The van der Waals surface area contributed by atoms with Crippen molar-refractivity contribution in [2.75, 3.05) is 20.8 Å². The van der Waals surface area contributed by atoms with Crippen molar-refractivity contribution in [3.8, 4) is 23.8 Å². The zero-order valence-corrected chi connectivity index (χ0v) is 13.6. The van der Waals surface area contributed by atoms with E-state index in [-0.39, 0.29) is 34.2 Å². The summed E-state index contributed by atoms with van der Waals surface area (Å²) in [5.41, 5.74) is -0.166. The number of carbonyl (C=O) groups is 2. The second-order valence-corrected chi connectivity index (χ2v) is 5.49. The molecule has 1 aromatic carbocycles. The van der Waals surface area contributed by atoms with Crippen molar-refractivity contribution < 1.29 is 24.0 Å². The first-order chi connectivity index (χ1) is 11.4. The van der Waals surface area contributed by atoms with E-state index in [9.17, 15) is 19.7 Å². The molecule has 1 aliphatic heterocycles. The summed E-state index contributed by atoms with van der Waals surface area (Å²) >= 11 is 0.669. The zero-order chi connectivity index (χ0) is 17.9. The lowest BCUT2D eigenvalue weighted by Gasteiger charge is -2.09. The summed E-state index contributed by atoms with van der Waals surface area (Å²) in [6.45, 7) is -0.157. The van der Waals surface area contributed by atoms with E-state index in [1.807, 2.05) is 0 Å². The van der Waals surface area contributed by atoms with E-state index in [0.29, 0.717) is 11.8 Å². The quantitative estimate of drug-likeness (QED) is 0.348. The minimum absolute atomic E-state index is 0.0468. The van der Waals surface area contributed by atoms with Crippen LogP contribution >= 0.6 is 11.8 Å². The molecule has 24 heavy (non-hydrogen) atoms. The molecule has 9 heteroatoms. The van der Waals surface area contributed by atoms with Gasteiger partial charge in [-0.1, -0.05) is 5.92 Å². The Morgan fingerprint density at radius 1 is 1.33 bits per heavy atom. The van der Waals surface area contributed by atoms with E-state index in [1.54, 1.807) is 0 Å². The molecule has 0 atom stereocenters. The molecule has 1 saturated heterocycles. The number of amides is 2. The standard InChI is InChI=1S/C15H12N2O6S/c1-4-5-16-14(18)13(24-15(16)19)7-9-6-11(22-2)12(23-3)8-10(9)17(20)21/h1,6-8H,5H2,2-3H3/b13-7+. The number of thioether (sulfide) groups is 1. The largest absolute Gasteiger partial charge is 0.493 e. The van der Waals surface area contributed by atoms with Crippen LogP contribution in [0.25, 0.3) is 6.08 Å². The number of rotatable bonds is 5. The normalized spacial score (nSPS) is 15.5. The van der Waals surface area contributed by atoms with Crippen molar-refractivity contribution in [2.24, 2.45) is 0 Å². The van der Waals surface area contributed by atoms with Crippen LogP contribution in [0, 0.1) is 22.5 Å².